The molecule has 0 aliphatic heterocycles. The van der Waals surface area contributed by atoms with E-state index in [9.17, 15) is 4.79 Å². The lowest BCUT2D eigenvalue weighted by Gasteiger charge is -2.18. The van der Waals surface area contributed by atoms with Gasteiger partial charge in [-0.3, -0.25) is 4.79 Å². The number of para-hydroxylation sites is 1. The summed E-state index contributed by atoms with van der Waals surface area (Å²) < 4.78 is 0. The van der Waals surface area contributed by atoms with Crippen LogP contribution in [0.4, 0.5) is 5.69 Å². The Labute approximate surface area is 128 Å². The first kappa shape index (κ1) is 17.5. The minimum absolute atomic E-state index is 0.00158. The van der Waals surface area contributed by atoms with Crippen molar-refractivity contribution < 1.29 is 4.79 Å². The third-order valence-corrected chi connectivity index (χ3v) is 3.45. The number of benzene rings is 1. The summed E-state index contributed by atoms with van der Waals surface area (Å²) in [5.41, 5.74) is 1.61. The Morgan fingerprint density at radius 1 is 1.19 bits per heavy atom. The molecule has 0 saturated carbocycles. The Morgan fingerprint density at radius 2 is 1.86 bits per heavy atom. The van der Waals surface area contributed by atoms with Gasteiger partial charge in [-0.15, -0.1) is 0 Å². The van der Waals surface area contributed by atoms with Gasteiger partial charge >= 0.3 is 0 Å². The average Bonchev–Trinajstić information content (AvgIpc) is 2.47. The van der Waals surface area contributed by atoms with E-state index in [1.54, 1.807) is 0 Å². The normalized spacial score (nSPS) is 11.0. The van der Waals surface area contributed by atoms with Crippen molar-refractivity contribution in [3.05, 3.63) is 29.8 Å². The molecule has 118 valence electrons. The molecule has 0 spiro atoms. The van der Waals surface area contributed by atoms with Gasteiger partial charge in [-0.2, -0.15) is 0 Å². The van der Waals surface area contributed by atoms with E-state index in [2.05, 4.69) is 43.2 Å². The minimum atomic E-state index is -0.00158. The topological polar surface area (TPSA) is 44.4 Å². The molecule has 1 amide bonds. The largest absolute Gasteiger partial charge is 0.382 e. The molecular weight excluding hydrogens is 262 g/mol. The van der Waals surface area contributed by atoms with Crippen LogP contribution >= 0.6 is 0 Å². The molecule has 0 fully saturated rings. The van der Waals surface area contributed by atoms with Gasteiger partial charge in [0.25, 0.3) is 5.91 Å². The molecule has 0 unspecified atom stereocenters. The maximum Gasteiger partial charge on any atom is 0.253 e. The highest BCUT2D eigenvalue weighted by molar-refractivity contribution is 5.99. The number of anilines is 1. The standard InChI is InChI=1S/C17H29N3O/c1-5-20(6-2)13-9-12-18-17(21)15-10-7-8-11-16(15)19-14(3)4/h7-8,10-11,14,19H,5-6,9,12-13H2,1-4H3,(H,18,21). The van der Waals surface area contributed by atoms with Crippen molar-refractivity contribution in [2.24, 2.45) is 0 Å². The van der Waals surface area contributed by atoms with Crippen molar-refractivity contribution in [1.82, 2.24) is 10.2 Å². The fourth-order valence-corrected chi connectivity index (χ4v) is 2.26. The second kappa shape index (κ2) is 9.40. The summed E-state index contributed by atoms with van der Waals surface area (Å²) in [7, 11) is 0. The number of hydrogen-bond donors (Lipinski definition) is 2. The predicted molar refractivity (Wildman–Crippen MR) is 89.9 cm³/mol. The second-order valence-corrected chi connectivity index (χ2v) is 5.48. The van der Waals surface area contributed by atoms with E-state index in [0.717, 1.165) is 31.7 Å². The Balaban J connectivity index is 2.48. The predicted octanol–water partition coefficient (Wildman–Crippen LogP) is 2.97. The number of rotatable bonds is 9. The summed E-state index contributed by atoms with van der Waals surface area (Å²) in [6, 6.07) is 7.97. The number of nitrogens with one attached hydrogen (secondary N) is 2. The molecule has 4 heteroatoms. The molecule has 1 aromatic rings. The van der Waals surface area contributed by atoms with Gasteiger partial charge in [-0.05, 0) is 52.0 Å². The third kappa shape index (κ3) is 6.17. The summed E-state index contributed by atoms with van der Waals surface area (Å²) in [4.78, 5) is 14.6. The number of carbonyl (C=O) groups is 1. The second-order valence-electron chi connectivity index (χ2n) is 5.48. The number of amides is 1. The molecule has 0 aromatic heterocycles. The van der Waals surface area contributed by atoms with E-state index >= 15 is 0 Å². The molecule has 0 heterocycles. The van der Waals surface area contributed by atoms with Crippen LogP contribution in [0.5, 0.6) is 0 Å². The van der Waals surface area contributed by atoms with Gasteiger partial charge in [0.1, 0.15) is 0 Å². The van der Waals surface area contributed by atoms with Gasteiger partial charge in [-0.25, -0.2) is 0 Å². The molecule has 0 aliphatic carbocycles. The lowest BCUT2D eigenvalue weighted by Crippen LogP contribution is -2.30. The maximum absolute atomic E-state index is 12.3. The Bertz CT molecular complexity index is 428. The third-order valence-electron chi connectivity index (χ3n) is 3.45. The Hall–Kier alpha value is -1.55. The van der Waals surface area contributed by atoms with Crippen molar-refractivity contribution in [2.75, 3.05) is 31.5 Å². The molecule has 0 bridgehead atoms. The van der Waals surface area contributed by atoms with Gasteiger partial charge in [-0.1, -0.05) is 26.0 Å². The highest BCUT2D eigenvalue weighted by atomic mass is 16.1. The number of carbonyl (C=O) groups excluding carboxylic acids is 1. The summed E-state index contributed by atoms with van der Waals surface area (Å²) >= 11 is 0. The van der Waals surface area contributed by atoms with E-state index in [4.69, 9.17) is 0 Å². The van der Waals surface area contributed by atoms with Crippen LogP contribution in [-0.2, 0) is 0 Å². The van der Waals surface area contributed by atoms with Crippen molar-refractivity contribution in [3.63, 3.8) is 0 Å². The quantitative estimate of drug-likeness (QED) is 0.688. The molecular formula is C17H29N3O. The van der Waals surface area contributed by atoms with E-state index in [1.165, 1.54) is 0 Å². The first-order chi connectivity index (χ1) is 10.1. The van der Waals surface area contributed by atoms with E-state index in [-0.39, 0.29) is 5.91 Å². The van der Waals surface area contributed by atoms with Gasteiger partial charge in [0.15, 0.2) is 0 Å². The molecule has 1 aromatic carbocycles. The van der Waals surface area contributed by atoms with Crippen molar-refractivity contribution in [3.8, 4) is 0 Å². The molecule has 21 heavy (non-hydrogen) atoms. The zero-order valence-corrected chi connectivity index (χ0v) is 13.8. The van der Waals surface area contributed by atoms with Crippen LogP contribution in [0, 0.1) is 0 Å². The maximum atomic E-state index is 12.3. The van der Waals surface area contributed by atoms with Gasteiger partial charge < -0.3 is 15.5 Å². The highest BCUT2D eigenvalue weighted by Gasteiger charge is 2.10. The fourth-order valence-electron chi connectivity index (χ4n) is 2.26. The molecule has 0 atom stereocenters. The Morgan fingerprint density at radius 3 is 2.48 bits per heavy atom. The van der Waals surface area contributed by atoms with Crippen LogP contribution in [0.25, 0.3) is 0 Å². The van der Waals surface area contributed by atoms with Crippen LogP contribution in [0.3, 0.4) is 0 Å². The first-order valence-electron chi connectivity index (χ1n) is 7.94. The smallest absolute Gasteiger partial charge is 0.253 e. The molecule has 1 rings (SSSR count). The van der Waals surface area contributed by atoms with Crippen molar-refractivity contribution >= 4 is 11.6 Å². The lowest BCUT2D eigenvalue weighted by atomic mass is 10.1. The summed E-state index contributed by atoms with van der Waals surface area (Å²) in [5.74, 6) is -0.00158. The minimum Gasteiger partial charge on any atom is -0.382 e. The SMILES string of the molecule is CCN(CC)CCCNC(=O)c1ccccc1NC(C)C. The first-order valence-corrected chi connectivity index (χ1v) is 7.94. The van der Waals surface area contributed by atoms with E-state index in [1.807, 2.05) is 24.3 Å². The summed E-state index contributed by atoms with van der Waals surface area (Å²) in [6.07, 6.45) is 0.979. The van der Waals surface area contributed by atoms with Crippen LogP contribution in [0.1, 0.15) is 44.5 Å². The van der Waals surface area contributed by atoms with Crippen LogP contribution in [0.15, 0.2) is 24.3 Å². The van der Waals surface area contributed by atoms with Crippen LogP contribution < -0.4 is 10.6 Å². The monoisotopic (exact) mass is 291 g/mol. The molecule has 0 radical (unpaired) electrons. The van der Waals surface area contributed by atoms with Gasteiger partial charge in [0.2, 0.25) is 0 Å². The zero-order valence-electron chi connectivity index (χ0n) is 13.8. The number of hydrogen-bond acceptors (Lipinski definition) is 3. The van der Waals surface area contributed by atoms with Crippen molar-refractivity contribution in [2.45, 2.75) is 40.2 Å². The fraction of sp³-hybridized carbons (Fsp3) is 0.588. The number of nitrogens with zero attached hydrogens (tertiary/aromatic N) is 1. The lowest BCUT2D eigenvalue weighted by molar-refractivity contribution is 0.0952. The average molecular weight is 291 g/mol. The molecule has 2 N–H and O–H groups in total. The zero-order chi connectivity index (χ0) is 15.7. The van der Waals surface area contributed by atoms with E-state index in [0.29, 0.717) is 18.2 Å². The van der Waals surface area contributed by atoms with Gasteiger partial charge in [0.05, 0.1) is 5.56 Å². The van der Waals surface area contributed by atoms with E-state index < -0.39 is 0 Å². The molecule has 0 saturated heterocycles. The summed E-state index contributed by atoms with van der Waals surface area (Å²) in [6.45, 7) is 12.3. The van der Waals surface area contributed by atoms with Crippen LogP contribution in [-0.4, -0.2) is 43.0 Å². The molecule has 4 nitrogen and oxygen atoms in total. The van der Waals surface area contributed by atoms with Gasteiger partial charge in [0, 0.05) is 18.3 Å². The molecule has 0 aliphatic rings. The summed E-state index contributed by atoms with van der Waals surface area (Å²) in [5, 5.41) is 6.32. The van der Waals surface area contributed by atoms with Crippen molar-refractivity contribution in [1.29, 1.82) is 0 Å². The van der Waals surface area contributed by atoms with Crippen LogP contribution in [0.2, 0.25) is 0 Å². The highest BCUT2D eigenvalue weighted by Crippen LogP contribution is 2.15. The Kier molecular flexibility index (Phi) is 7.83.